The lowest BCUT2D eigenvalue weighted by Crippen LogP contribution is -2.45. The summed E-state index contributed by atoms with van der Waals surface area (Å²) in [7, 11) is -3.57. The molecule has 5 nitrogen and oxygen atoms in total. The summed E-state index contributed by atoms with van der Waals surface area (Å²) < 4.78 is 32.1. The second-order valence-corrected chi connectivity index (χ2v) is 7.02. The maximum atomic E-state index is 12.6. The van der Waals surface area contributed by atoms with Crippen LogP contribution in [0.5, 0.6) is 0 Å². The summed E-state index contributed by atoms with van der Waals surface area (Å²) in [5, 5.41) is 9.55. The smallest absolute Gasteiger partial charge is 0.243 e. The number of aliphatic hydroxyl groups is 1. The van der Waals surface area contributed by atoms with E-state index in [1.807, 2.05) is 6.92 Å². The van der Waals surface area contributed by atoms with Crippen LogP contribution in [0.1, 0.15) is 18.9 Å². The average molecular weight is 320 g/mol. The Morgan fingerprint density at radius 2 is 2.25 bits per heavy atom. The molecule has 0 saturated carbocycles. The third-order valence-corrected chi connectivity index (χ3v) is 5.61. The van der Waals surface area contributed by atoms with Crippen LogP contribution in [0.15, 0.2) is 23.1 Å². The van der Waals surface area contributed by atoms with Crippen molar-refractivity contribution in [1.82, 2.24) is 4.31 Å². The van der Waals surface area contributed by atoms with Crippen LogP contribution >= 0.6 is 11.6 Å². The third-order valence-electron chi connectivity index (χ3n) is 3.38. The van der Waals surface area contributed by atoms with Gasteiger partial charge in [-0.05, 0) is 30.2 Å². The van der Waals surface area contributed by atoms with Gasteiger partial charge in [0.15, 0.2) is 0 Å². The predicted molar refractivity (Wildman–Crippen MR) is 76.2 cm³/mol. The van der Waals surface area contributed by atoms with Crippen LogP contribution < -0.4 is 0 Å². The molecule has 1 aliphatic heterocycles. The van der Waals surface area contributed by atoms with E-state index in [-0.39, 0.29) is 17.6 Å². The molecule has 1 aromatic rings. The van der Waals surface area contributed by atoms with E-state index in [4.69, 9.17) is 16.3 Å². The van der Waals surface area contributed by atoms with Gasteiger partial charge >= 0.3 is 0 Å². The molecular formula is C13H18ClNO4S. The molecule has 1 atom stereocenters. The largest absolute Gasteiger partial charge is 0.392 e. The van der Waals surface area contributed by atoms with Gasteiger partial charge in [-0.1, -0.05) is 18.5 Å². The normalized spacial score (nSPS) is 21.1. The van der Waals surface area contributed by atoms with Crippen molar-refractivity contribution < 1.29 is 18.3 Å². The van der Waals surface area contributed by atoms with E-state index >= 15 is 0 Å². The van der Waals surface area contributed by atoms with Crippen LogP contribution in [0.3, 0.4) is 0 Å². The van der Waals surface area contributed by atoms with Gasteiger partial charge in [-0.2, -0.15) is 4.31 Å². The lowest BCUT2D eigenvalue weighted by Gasteiger charge is -2.31. The maximum absolute atomic E-state index is 12.6. The first kappa shape index (κ1) is 15.7. The van der Waals surface area contributed by atoms with Gasteiger partial charge in [0, 0.05) is 18.1 Å². The molecule has 0 aromatic heterocycles. The summed E-state index contributed by atoms with van der Waals surface area (Å²) in [6.45, 7) is 2.78. The summed E-state index contributed by atoms with van der Waals surface area (Å²) >= 11 is 5.89. The highest BCUT2D eigenvalue weighted by atomic mass is 35.5. The Kier molecular flexibility index (Phi) is 5.04. The van der Waals surface area contributed by atoms with Crippen LogP contribution in [-0.4, -0.2) is 43.6 Å². The van der Waals surface area contributed by atoms with Crippen molar-refractivity contribution >= 4 is 21.6 Å². The number of halogens is 1. The zero-order valence-corrected chi connectivity index (χ0v) is 12.8. The number of ether oxygens (including phenoxy) is 1. The molecule has 0 spiro atoms. The van der Waals surface area contributed by atoms with Crippen molar-refractivity contribution in [2.45, 2.75) is 31.0 Å². The molecule has 1 heterocycles. The van der Waals surface area contributed by atoms with Crippen LogP contribution in [0.2, 0.25) is 5.02 Å². The monoisotopic (exact) mass is 319 g/mol. The molecule has 1 N–H and O–H groups in total. The molecule has 1 saturated heterocycles. The van der Waals surface area contributed by atoms with Crippen molar-refractivity contribution in [2.24, 2.45) is 0 Å². The quantitative estimate of drug-likeness (QED) is 0.916. The SMILES string of the molecule is CCC1CN(S(=O)(=O)c2ccc(Cl)c(CO)c2)CCO1. The Balaban J connectivity index is 2.30. The van der Waals surface area contributed by atoms with Crippen molar-refractivity contribution in [2.75, 3.05) is 19.7 Å². The number of aliphatic hydroxyl groups excluding tert-OH is 1. The molecule has 0 radical (unpaired) electrons. The van der Waals surface area contributed by atoms with E-state index in [0.717, 1.165) is 6.42 Å². The van der Waals surface area contributed by atoms with Gasteiger partial charge in [0.1, 0.15) is 0 Å². The molecule has 20 heavy (non-hydrogen) atoms. The van der Waals surface area contributed by atoms with E-state index in [2.05, 4.69) is 0 Å². The third kappa shape index (κ3) is 3.15. The Morgan fingerprint density at radius 3 is 2.90 bits per heavy atom. The number of nitrogens with zero attached hydrogens (tertiary/aromatic N) is 1. The molecule has 1 aromatic carbocycles. The van der Waals surface area contributed by atoms with E-state index in [0.29, 0.717) is 30.3 Å². The highest BCUT2D eigenvalue weighted by molar-refractivity contribution is 7.89. The molecule has 0 bridgehead atoms. The second kappa shape index (κ2) is 6.41. The first-order chi connectivity index (χ1) is 9.48. The van der Waals surface area contributed by atoms with Gasteiger partial charge in [-0.15, -0.1) is 0 Å². The number of benzene rings is 1. The minimum absolute atomic E-state index is 0.0665. The molecule has 1 aliphatic rings. The Morgan fingerprint density at radius 1 is 1.50 bits per heavy atom. The minimum Gasteiger partial charge on any atom is -0.392 e. The summed E-state index contributed by atoms with van der Waals surface area (Å²) in [6, 6.07) is 4.39. The fraction of sp³-hybridized carbons (Fsp3) is 0.538. The average Bonchev–Trinajstić information content (AvgIpc) is 2.47. The molecule has 7 heteroatoms. The zero-order valence-electron chi connectivity index (χ0n) is 11.3. The fourth-order valence-electron chi connectivity index (χ4n) is 2.14. The zero-order chi connectivity index (χ0) is 14.8. The van der Waals surface area contributed by atoms with E-state index < -0.39 is 10.0 Å². The van der Waals surface area contributed by atoms with Gasteiger partial charge in [-0.25, -0.2) is 8.42 Å². The topological polar surface area (TPSA) is 66.8 Å². The Bertz CT molecular complexity index is 576. The molecule has 112 valence electrons. The predicted octanol–water partition coefficient (Wildman–Crippen LogP) is 1.63. The lowest BCUT2D eigenvalue weighted by molar-refractivity contribution is -0.00278. The first-order valence-electron chi connectivity index (χ1n) is 6.50. The van der Waals surface area contributed by atoms with Gasteiger partial charge in [-0.3, -0.25) is 0 Å². The summed E-state index contributed by atoms with van der Waals surface area (Å²) in [6.07, 6.45) is 0.706. The molecule has 0 amide bonds. The number of sulfonamides is 1. The first-order valence-corrected chi connectivity index (χ1v) is 8.32. The van der Waals surface area contributed by atoms with Crippen molar-refractivity contribution in [3.63, 3.8) is 0 Å². The lowest BCUT2D eigenvalue weighted by atomic mass is 10.2. The molecular weight excluding hydrogens is 302 g/mol. The number of morpholine rings is 1. The van der Waals surface area contributed by atoms with Gasteiger partial charge in [0.2, 0.25) is 10.0 Å². The number of rotatable bonds is 4. The maximum Gasteiger partial charge on any atom is 0.243 e. The molecule has 0 aliphatic carbocycles. The van der Waals surface area contributed by atoms with E-state index in [9.17, 15) is 13.5 Å². The number of hydrogen-bond acceptors (Lipinski definition) is 4. The number of hydrogen-bond donors (Lipinski definition) is 1. The van der Waals surface area contributed by atoms with Gasteiger partial charge in [0.25, 0.3) is 0 Å². The van der Waals surface area contributed by atoms with Crippen LogP contribution in [0.25, 0.3) is 0 Å². The van der Waals surface area contributed by atoms with Crippen LogP contribution in [0.4, 0.5) is 0 Å². The standard InChI is InChI=1S/C13H18ClNO4S/c1-2-11-8-15(5-6-19-11)20(17,18)12-3-4-13(14)10(7-12)9-16/h3-4,7,11,16H,2,5-6,8-9H2,1H3. The Hall–Kier alpha value is -0.660. The Labute approximate surface area is 124 Å². The molecule has 1 unspecified atom stereocenters. The highest BCUT2D eigenvalue weighted by Gasteiger charge is 2.30. The molecule has 2 rings (SSSR count). The summed E-state index contributed by atoms with van der Waals surface area (Å²) in [5.41, 5.74) is 0.410. The van der Waals surface area contributed by atoms with Crippen LogP contribution in [0, 0.1) is 0 Å². The van der Waals surface area contributed by atoms with E-state index in [1.54, 1.807) is 0 Å². The second-order valence-electron chi connectivity index (χ2n) is 4.68. The highest BCUT2D eigenvalue weighted by Crippen LogP contribution is 2.24. The van der Waals surface area contributed by atoms with Crippen molar-refractivity contribution in [1.29, 1.82) is 0 Å². The van der Waals surface area contributed by atoms with Gasteiger partial charge < -0.3 is 9.84 Å². The van der Waals surface area contributed by atoms with Crippen LogP contribution in [-0.2, 0) is 21.4 Å². The van der Waals surface area contributed by atoms with Crippen molar-refractivity contribution in [3.05, 3.63) is 28.8 Å². The van der Waals surface area contributed by atoms with Crippen molar-refractivity contribution in [3.8, 4) is 0 Å². The van der Waals surface area contributed by atoms with Gasteiger partial charge in [0.05, 0.1) is 24.2 Å². The fourth-order valence-corrected chi connectivity index (χ4v) is 3.82. The van der Waals surface area contributed by atoms with E-state index in [1.165, 1.54) is 22.5 Å². The molecule has 1 fully saturated rings. The summed E-state index contributed by atoms with van der Waals surface area (Å²) in [4.78, 5) is 0.155. The summed E-state index contributed by atoms with van der Waals surface area (Å²) in [5.74, 6) is 0. The minimum atomic E-state index is -3.57.